The Morgan fingerprint density at radius 1 is 1.47 bits per heavy atom. The average molecular weight is 265 g/mol. The van der Waals surface area contributed by atoms with Crippen molar-refractivity contribution in [3.8, 4) is 0 Å². The number of aromatic nitrogens is 3. The highest BCUT2D eigenvalue weighted by Crippen LogP contribution is 2.28. The fourth-order valence-corrected chi connectivity index (χ4v) is 2.78. The second-order valence-corrected chi connectivity index (χ2v) is 5.39. The molecule has 106 valence electrons. The Morgan fingerprint density at radius 2 is 2.16 bits per heavy atom. The lowest BCUT2D eigenvalue weighted by molar-refractivity contribution is -0.133. The van der Waals surface area contributed by atoms with Crippen LogP contribution in [0.4, 0.5) is 5.95 Å². The molecule has 19 heavy (non-hydrogen) atoms. The van der Waals surface area contributed by atoms with Crippen LogP contribution in [0.3, 0.4) is 0 Å². The third kappa shape index (κ3) is 3.45. The molecule has 0 saturated heterocycles. The number of anilines is 1. The fraction of sp³-hybridized carbons (Fsp3) is 0.769. The molecule has 0 aliphatic heterocycles. The molecule has 0 unspecified atom stereocenters. The van der Waals surface area contributed by atoms with Crippen molar-refractivity contribution in [3.63, 3.8) is 0 Å². The van der Waals surface area contributed by atoms with Gasteiger partial charge in [-0.25, -0.2) is 9.67 Å². The van der Waals surface area contributed by atoms with Crippen LogP contribution in [-0.2, 0) is 11.3 Å². The smallest absolute Gasteiger partial charge is 0.244 e. The highest BCUT2D eigenvalue weighted by atomic mass is 16.2. The Labute approximate surface area is 114 Å². The van der Waals surface area contributed by atoms with Gasteiger partial charge in [0.2, 0.25) is 11.9 Å². The molecule has 1 saturated carbocycles. The van der Waals surface area contributed by atoms with E-state index in [4.69, 9.17) is 5.73 Å². The van der Waals surface area contributed by atoms with Crippen molar-refractivity contribution in [3.05, 3.63) is 6.33 Å². The molecule has 6 nitrogen and oxygen atoms in total. The first-order valence-corrected chi connectivity index (χ1v) is 7.00. The predicted octanol–water partition coefficient (Wildman–Crippen LogP) is 1.29. The summed E-state index contributed by atoms with van der Waals surface area (Å²) in [6, 6.07) is 0.371. The standard InChI is InChI=1S/C13H23N5O/c1-3-10-4-6-11(7-5-10)17(2)12(19)8-18-9-15-13(14)16-18/h9-11H,3-8H2,1-2H3,(H2,14,16). The minimum atomic E-state index is 0.0739. The molecule has 1 fully saturated rings. The van der Waals surface area contributed by atoms with Gasteiger partial charge >= 0.3 is 0 Å². The van der Waals surface area contributed by atoms with Gasteiger partial charge in [0.15, 0.2) is 0 Å². The van der Waals surface area contributed by atoms with Gasteiger partial charge in [-0.1, -0.05) is 13.3 Å². The quantitative estimate of drug-likeness (QED) is 0.890. The van der Waals surface area contributed by atoms with E-state index in [9.17, 15) is 4.79 Å². The molecule has 2 rings (SSSR count). The van der Waals surface area contributed by atoms with Gasteiger partial charge < -0.3 is 10.6 Å². The van der Waals surface area contributed by atoms with E-state index < -0.39 is 0 Å². The van der Waals surface area contributed by atoms with Crippen LogP contribution in [0.25, 0.3) is 0 Å². The van der Waals surface area contributed by atoms with E-state index in [-0.39, 0.29) is 18.4 Å². The van der Waals surface area contributed by atoms with Crippen LogP contribution in [0.5, 0.6) is 0 Å². The molecule has 2 N–H and O–H groups in total. The van der Waals surface area contributed by atoms with Gasteiger partial charge in [0, 0.05) is 13.1 Å². The number of carbonyl (C=O) groups excluding carboxylic acids is 1. The molecule has 6 heteroatoms. The van der Waals surface area contributed by atoms with Crippen LogP contribution >= 0.6 is 0 Å². The number of likely N-dealkylation sites (N-methyl/N-ethyl adjacent to an activating group) is 1. The summed E-state index contributed by atoms with van der Waals surface area (Å²) in [6.07, 6.45) is 7.43. The van der Waals surface area contributed by atoms with E-state index in [0.29, 0.717) is 6.04 Å². The summed E-state index contributed by atoms with van der Waals surface area (Å²) < 4.78 is 1.49. The molecule has 0 atom stereocenters. The lowest BCUT2D eigenvalue weighted by atomic mass is 9.84. The van der Waals surface area contributed by atoms with Gasteiger partial charge in [-0.3, -0.25) is 4.79 Å². The minimum Gasteiger partial charge on any atom is -0.367 e. The van der Waals surface area contributed by atoms with E-state index in [1.807, 2.05) is 11.9 Å². The number of carbonyl (C=O) groups is 1. The summed E-state index contributed by atoms with van der Waals surface area (Å²) in [7, 11) is 1.89. The van der Waals surface area contributed by atoms with E-state index >= 15 is 0 Å². The van der Waals surface area contributed by atoms with Crippen LogP contribution in [0.1, 0.15) is 39.0 Å². The van der Waals surface area contributed by atoms with Crippen molar-refractivity contribution in [1.82, 2.24) is 19.7 Å². The molecular formula is C13H23N5O. The van der Waals surface area contributed by atoms with Gasteiger partial charge in [0.1, 0.15) is 12.9 Å². The van der Waals surface area contributed by atoms with E-state index in [2.05, 4.69) is 17.0 Å². The first-order chi connectivity index (χ1) is 9.10. The largest absolute Gasteiger partial charge is 0.367 e. The fourth-order valence-electron chi connectivity index (χ4n) is 2.78. The van der Waals surface area contributed by atoms with Crippen LogP contribution in [0, 0.1) is 5.92 Å². The van der Waals surface area contributed by atoms with Crippen LogP contribution in [0.15, 0.2) is 6.33 Å². The van der Waals surface area contributed by atoms with Crippen molar-refractivity contribution < 1.29 is 4.79 Å². The number of rotatable bonds is 4. The first kappa shape index (κ1) is 13.8. The van der Waals surface area contributed by atoms with Gasteiger partial charge in [-0.05, 0) is 31.6 Å². The molecule has 0 aromatic carbocycles. The zero-order valence-corrected chi connectivity index (χ0v) is 11.7. The molecule has 1 amide bonds. The highest BCUT2D eigenvalue weighted by Gasteiger charge is 2.25. The lowest BCUT2D eigenvalue weighted by Gasteiger charge is -2.34. The number of amides is 1. The van der Waals surface area contributed by atoms with Crippen molar-refractivity contribution in [1.29, 1.82) is 0 Å². The van der Waals surface area contributed by atoms with Gasteiger partial charge in [-0.15, -0.1) is 5.10 Å². The third-order valence-electron chi connectivity index (χ3n) is 4.19. The number of nitrogens with zero attached hydrogens (tertiary/aromatic N) is 4. The normalized spacial score (nSPS) is 23.3. The molecule has 1 aromatic heterocycles. The van der Waals surface area contributed by atoms with Gasteiger partial charge in [0.05, 0.1) is 0 Å². The van der Waals surface area contributed by atoms with Crippen molar-refractivity contribution in [2.24, 2.45) is 5.92 Å². The molecule has 0 spiro atoms. The molecule has 1 heterocycles. The lowest BCUT2D eigenvalue weighted by Crippen LogP contribution is -2.41. The van der Waals surface area contributed by atoms with Crippen LogP contribution in [-0.4, -0.2) is 38.7 Å². The number of hydrogen-bond donors (Lipinski definition) is 1. The molecule has 0 bridgehead atoms. The summed E-state index contributed by atoms with van der Waals surface area (Å²) in [4.78, 5) is 17.9. The van der Waals surface area contributed by atoms with Crippen molar-refractivity contribution >= 4 is 11.9 Å². The summed E-state index contributed by atoms with van der Waals surface area (Å²) in [5.74, 6) is 1.12. The first-order valence-electron chi connectivity index (χ1n) is 7.00. The maximum Gasteiger partial charge on any atom is 0.244 e. The Kier molecular flexibility index (Phi) is 4.39. The Morgan fingerprint density at radius 3 is 2.68 bits per heavy atom. The zero-order chi connectivity index (χ0) is 13.8. The highest BCUT2D eigenvalue weighted by molar-refractivity contribution is 5.75. The maximum absolute atomic E-state index is 12.2. The second kappa shape index (κ2) is 6.04. The van der Waals surface area contributed by atoms with Gasteiger partial charge in [0.25, 0.3) is 0 Å². The van der Waals surface area contributed by atoms with Crippen molar-refractivity contribution in [2.75, 3.05) is 12.8 Å². The molecular weight excluding hydrogens is 242 g/mol. The minimum absolute atomic E-state index is 0.0739. The average Bonchev–Trinajstić information content (AvgIpc) is 2.83. The number of nitrogens with two attached hydrogens (primary N) is 1. The second-order valence-electron chi connectivity index (χ2n) is 5.39. The molecule has 1 aliphatic carbocycles. The third-order valence-corrected chi connectivity index (χ3v) is 4.19. The van der Waals surface area contributed by atoms with Crippen molar-refractivity contribution in [2.45, 2.75) is 51.6 Å². The number of nitrogen functional groups attached to an aromatic ring is 1. The summed E-state index contributed by atoms with van der Waals surface area (Å²) in [5, 5.41) is 3.94. The summed E-state index contributed by atoms with van der Waals surface area (Å²) in [5.41, 5.74) is 5.44. The van der Waals surface area contributed by atoms with Crippen LogP contribution in [0.2, 0.25) is 0 Å². The summed E-state index contributed by atoms with van der Waals surface area (Å²) in [6.45, 7) is 2.46. The Hall–Kier alpha value is -1.59. The summed E-state index contributed by atoms with van der Waals surface area (Å²) >= 11 is 0. The Bertz CT molecular complexity index is 422. The van der Waals surface area contributed by atoms with Gasteiger partial charge in [-0.2, -0.15) is 0 Å². The molecule has 1 aromatic rings. The topological polar surface area (TPSA) is 77.0 Å². The Balaban J connectivity index is 1.85. The maximum atomic E-state index is 12.2. The van der Waals surface area contributed by atoms with E-state index in [0.717, 1.165) is 18.8 Å². The number of hydrogen-bond acceptors (Lipinski definition) is 4. The van der Waals surface area contributed by atoms with Crippen LogP contribution < -0.4 is 5.73 Å². The molecule has 0 radical (unpaired) electrons. The SMILES string of the molecule is CCC1CCC(N(C)C(=O)Cn2cnc(N)n2)CC1. The van der Waals surface area contributed by atoms with E-state index in [1.165, 1.54) is 30.3 Å². The van der Waals surface area contributed by atoms with E-state index in [1.54, 1.807) is 0 Å². The monoisotopic (exact) mass is 265 g/mol. The zero-order valence-electron chi connectivity index (χ0n) is 11.7. The predicted molar refractivity (Wildman–Crippen MR) is 73.2 cm³/mol. The molecule has 1 aliphatic rings.